The van der Waals surface area contributed by atoms with E-state index in [-0.39, 0.29) is 5.56 Å². The Hall–Kier alpha value is -0.700. The average molecular weight is 237 g/mol. The summed E-state index contributed by atoms with van der Waals surface area (Å²) in [5.74, 6) is 0. The number of rotatable bonds is 1. The third-order valence-corrected chi connectivity index (χ3v) is 2.74. The van der Waals surface area contributed by atoms with Crippen molar-refractivity contribution in [3.05, 3.63) is 34.4 Å². The summed E-state index contributed by atoms with van der Waals surface area (Å²) in [7, 11) is 0. The summed E-state index contributed by atoms with van der Waals surface area (Å²) in [5.41, 5.74) is 2.30. The van der Waals surface area contributed by atoms with Crippen LogP contribution in [0.5, 0.6) is 0 Å². The van der Waals surface area contributed by atoms with Crippen LogP contribution in [0, 0.1) is 20.8 Å². The summed E-state index contributed by atoms with van der Waals surface area (Å²) in [4.78, 5) is 0. The predicted octanol–water partition coefficient (Wildman–Crippen LogP) is 4.45. The number of halogens is 4. The first-order chi connectivity index (χ1) is 6.73. The van der Waals surface area contributed by atoms with E-state index in [1.54, 1.807) is 26.0 Å². The van der Waals surface area contributed by atoms with Crippen LogP contribution < -0.4 is 0 Å². The largest absolute Gasteiger partial charge is 0.408 e. The molecule has 0 saturated heterocycles. The molecule has 0 heterocycles. The van der Waals surface area contributed by atoms with Crippen LogP contribution in [-0.4, -0.2) is 6.18 Å². The van der Waals surface area contributed by atoms with Gasteiger partial charge in [-0.05, 0) is 37.5 Å². The van der Waals surface area contributed by atoms with E-state index in [9.17, 15) is 13.2 Å². The molecule has 4 heteroatoms. The zero-order valence-electron chi connectivity index (χ0n) is 8.74. The third-order valence-electron chi connectivity index (χ3n) is 2.28. The van der Waals surface area contributed by atoms with Gasteiger partial charge in [0, 0.05) is 0 Å². The molecule has 1 unspecified atom stereocenters. The van der Waals surface area contributed by atoms with Crippen molar-refractivity contribution in [2.45, 2.75) is 32.3 Å². The Morgan fingerprint density at radius 2 is 1.47 bits per heavy atom. The molecule has 0 saturated carbocycles. The van der Waals surface area contributed by atoms with Gasteiger partial charge in [0.05, 0.1) is 0 Å². The fraction of sp³-hybridized carbons (Fsp3) is 0.455. The summed E-state index contributed by atoms with van der Waals surface area (Å²) >= 11 is 5.42. The van der Waals surface area contributed by atoms with Crippen LogP contribution in [0.25, 0.3) is 0 Å². The Morgan fingerprint density at radius 3 is 1.80 bits per heavy atom. The molecule has 0 aliphatic rings. The van der Waals surface area contributed by atoms with Crippen LogP contribution in [-0.2, 0) is 0 Å². The molecule has 0 amide bonds. The van der Waals surface area contributed by atoms with E-state index in [2.05, 4.69) is 0 Å². The van der Waals surface area contributed by atoms with E-state index in [1.807, 2.05) is 6.92 Å². The van der Waals surface area contributed by atoms with Crippen molar-refractivity contribution in [1.82, 2.24) is 0 Å². The van der Waals surface area contributed by atoms with Gasteiger partial charge in [0.25, 0.3) is 0 Å². The van der Waals surface area contributed by atoms with Crippen molar-refractivity contribution >= 4 is 11.6 Å². The molecule has 0 nitrogen and oxygen atoms in total. The van der Waals surface area contributed by atoms with Crippen molar-refractivity contribution < 1.29 is 13.2 Å². The Kier molecular flexibility index (Phi) is 3.34. The second-order valence-electron chi connectivity index (χ2n) is 3.72. The van der Waals surface area contributed by atoms with E-state index in [0.29, 0.717) is 11.1 Å². The van der Waals surface area contributed by atoms with Gasteiger partial charge in [0.1, 0.15) is 0 Å². The zero-order valence-corrected chi connectivity index (χ0v) is 9.50. The van der Waals surface area contributed by atoms with E-state index in [0.717, 1.165) is 5.56 Å². The molecule has 0 radical (unpaired) electrons. The van der Waals surface area contributed by atoms with Crippen molar-refractivity contribution in [3.63, 3.8) is 0 Å². The minimum Gasteiger partial charge on any atom is -0.169 e. The zero-order chi connectivity index (χ0) is 11.8. The van der Waals surface area contributed by atoms with E-state index in [4.69, 9.17) is 11.6 Å². The molecular weight excluding hydrogens is 225 g/mol. The number of alkyl halides is 4. The molecule has 1 aromatic carbocycles. The Labute approximate surface area is 92.1 Å². The second kappa shape index (κ2) is 4.05. The lowest BCUT2D eigenvalue weighted by Gasteiger charge is -2.19. The lowest BCUT2D eigenvalue weighted by molar-refractivity contribution is -0.131. The van der Waals surface area contributed by atoms with E-state index >= 15 is 0 Å². The smallest absolute Gasteiger partial charge is 0.169 e. The maximum Gasteiger partial charge on any atom is 0.408 e. The van der Waals surface area contributed by atoms with Gasteiger partial charge >= 0.3 is 6.18 Å². The van der Waals surface area contributed by atoms with Crippen LogP contribution in [0.4, 0.5) is 13.2 Å². The average Bonchev–Trinajstić information content (AvgIpc) is 1.99. The molecule has 0 spiro atoms. The molecule has 1 aromatic rings. The maximum atomic E-state index is 12.5. The Morgan fingerprint density at radius 1 is 1.07 bits per heavy atom. The van der Waals surface area contributed by atoms with E-state index in [1.165, 1.54) is 0 Å². The SMILES string of the molecule is Cc1cc(C)c(C(Cl)C(F)(F)F)c(C)c1. The van der Waals surface area contributed by atoms with Gasteiger partial charge in [0.2, 0.25) is 0 Å². The molecule has 0 N–H and O–H groups in total. The minimum atomic E-state index is -4.40. The van der Waals surface area contributed by atoms with Gasteiger partial charge in [-0.15, -0.1) is 11.6 Å². The lowest BCUT2D eigenvalue weighted by Crippen LogP contribution is -2.17. The Balaban J connectivity index is 3.26. The quantitative estimate of drug-likeness (QED) is 0.632. The summed E-state index contributed by atoms with van der Waals surface area (Å²) in [6.45, 7) is 5.15. The van der Waals surface area contributed by atoms with Gasteiger partial charge in [-0.1, -0.05) is 17.7 Å². The highest BCUT2D eigenvalue weighted by Gasteiger charge is 2.40. The van der Waals surface area contributed by atoms with Gasteiger partial charge in [-0.25, -0.2) is 0 Å². The normalized spacial score (nSPS) is 14.1. The molecule has 0 aromatic heterocycles. The number of hydrogen-bond donors (Lipinski definition) is 0. The summed E-state index contributed by atoms with van der Waals surface area (Å²) < 4.78 is 37.4. The fourth-order valence-corrected chi connectivity index (χ4v) is 2.10. The molecule has 0 fully saturated rings. The minimum absolute atomic E-state index is 0.176. The summed E-state index contributed by atoms with van der Waals surface area (Å²) in [5, 5.41) is -1.92. The highest BCUT2D eigenvalue weighted by Crippen LogP contribution is 2.40. The van der Waals surface area contributed by atoms with Crippen molar-refractivity contribution in [2.75, 3.05) is 0 Å². The van der Waals surface area contributed by atoms with E-state index < -0.39 is 11.6 Å². The van der Waals surface area contributed by atoms with Crippen LogP contribution in [0.1, 0.15) is 27.6 Å². The second-order valence-corrected chi connectivity index (χ2v) is 4.15. The topological polar surface area (TPSA) is 0 Å². The molecule has 84 valence electrons. The molecule has 1 atom stereocenters. The highest BCUT2D eigenvalue weighted by atomic mass is 35.5. The van der Waals surface area contributed by atoms with Crippen molar-refractivity contribution in [1.29, 1.82) is 0 Å². The molecule has 0 aliphatic heterocycles. The molecule has 0 bridgehead atoms. The van der Waals surface area contributed by atoms with Crippen LogP contribution >= 0.6 is 11.6 Å². The van der Waals surface area contributed by atoms with Crippen LogP contribution in [0.3, 0.4) is 0 Å². The molecule has 15 heavy (non-hydrogen) atoms. The van der Waals surface area contributed by atoms with Crippen molar-refractivity contribution in [3.8, 4) is 0 Å². The first-order valence-electron chi connectivity index (χ1n) is 4.52. The van der Waals surface area contributed by atoms with Gasteiger partial charge in [0.15, 0.2) is 5.38 Å². The third kappa shape index (κ3) is 2.65. The van der Waals surface area contributed by atoms with Crippen LogP contribution in [0.15, 0.2) is 12.1 Å². The fourth-order valence-electron chi connectivity index (χ4n) is 1.75. The first kappa shape index (κ1) is 12.4. The number of hydrogen-bond acceptors (Lipinski definition) is 0. The highest BCUT2D eigenvalue weighted by molar-refractivity contribution is 6.21. The van der Waals surface area contributed by atoms with Gasteiger partial charge in [-0.2, -0.15) is 13.2 Å². The maximum absolute atomic E-state index is 12.5. The van der Waals surface area contributed by atoms with Gasteiger partial charge < -0.3 is 0 Å². The first-order valence-corrected chi connectivity index (χ1v) is 4.95. The predicted molar refractivity (Wildman–Crippen MR) is 55.3 cm³/mol. The summed E-state index contributed by atoms with van der Waals surface area (Å²) in [6, 6.07) is 3.42. The standard InChI is InChI=1S/C11H12ClF3/c1-6-4-7(2)9(8(3)5-6)10(12)11(13,14)15/h4-5,10H,1-3H3. The summed E-state index contributed by atoms with van der Waals surface area (Å²) in [6.07, 6.45) is -4.40. The van der Waals surface area contributed by atoms with Crippen molar-refractivity contribution in [2.24, 2.45) is 0 Å². The molecular formula is C11H12ClF3. The number of benzene rings is 1. The molecule has 0 aliphatic carbocycles. The Bertz CT molecular complexity index is 346. The number of aryl methyl sites for hydroxylation is 3. The van der Waals surface area contributed by atoms with Crippen LogP contribution in [0.2, 0.25) is 0 Å². The van der Waals surface area contributed by atoms with Gasteiger partial charge in [-0.3, -0.25) is 0 Å². The monoisotopic (exact) mass is 236 g/mol. The lowest BCUT2D eigenvalue weighted by atomic mass is 9.97. The molecule has 1 rings (SSSR count).